The Morgan fingerprint density at radius 1 is 1.41 bits per heavy atom. The summed E-state index contributed by atoms with van der Waals surface area (Å²) in [5, 5.41) is 10.8. The van der Waals surface area contributed by atoms with Crippen LogP contribution in [0.5, 0.6) is 0 Å². The predicted molar refractivity (Wildman–Crippen MR) is 72.5 cm³/mol. The molecule has 1 heterocycles. The molecule has 1 rings (SSSR count). The quantitative estimate of drug-likeness (QED) is 0.567. The number of nitro groups is 1. The minimum absolute atomic E-state index is 0.253. The van der Waals surface area contributed by atoms with Gasteiger partial charge in [0.05, 0.1) is 4.92 Å². The van der Waals surface area contributed by atoms with Crippen molar-refractivity contribution in [2.75, 3.05) is 0 Å². The Balaban J connectivity index is 2.42. The Labute approximate surface area is 107 Å². The number of rotatable bonds is 5. The molecule has 1 aromatic rings. The third-order valence-corrected chi connectivity index (χ3v) is 3.77. The van der Waals surface area contributed by atoms with Gasteiger partial charge in [-0.3, -0.25) is 10.1 Å². The molecule has 1 atom stereocenters. The van der Waals surface area contributed by atoms with Crippen LogP contribution in [0.1, 0.15) is 45.4 Å². The van der Waals surface area contributed by atoms with Gasteiger partial charge in [-0.05, 0) is 36.7 Å². The average Bonchev–Trinajstić information content (AvgIpc) is 2.60. The van der Waals surface area contributed by atoms with Crippen molar-refractivity contribution < 1.29 is 4.92 Å². The maximum atomic E-state index is 10.6. The number of hydrogen-bond donors (Lipinski definition) is 0. The molecule has 3 nitrogen and oxygen atoms in total. The molecular weight excluding hydrogens is 234 g/mol. The average molecular weight is 255 g/mol. The highest BCUT2D eigenvalue weighted by Crippen LogP contribution is 2.29. The van der Waals surface area contributed by atoms with Crippen molar-refractivity contribution in [1.29, 1.82) is 0 Å². The maximum absolute atomic E-state index is 10.6. The highest BCUT2D eigenvalue weighted by atomic mass is 32.1. The summed E-state index contributed by atoms with van der Waals surface area (Å²) in [6.07, 6.45) is 3.26. The highest BCUT2D eigenvalue weighted by Gasteiger charge is 2.16. The third-order valence-electron chi connectivity index (χ3n) is 2.67. The summed E-state index contributed by atoms with van der Waals surface area (Å²) in [5.74, 6) is 0.663. The van der Waals surface area contributed by atoms with Gasteiger partial charge in [0.1, 0.15) is 0 Å². The van der Waals surface area contributed by atoms with E-state index in [-0.39, 0.29) is 9.92 Å². The molecule has 0 aliphatic carbocycles. The van der Waals surface area contributed by atoms with E-state index in [1.54, 1.807) is 6.07 Å². The lowest BCUT2D eigenvalue weighted by Crippen LogP contribution is -2.11. The van der Waals surface area contributed by atoms with Gasteiger partial charge in [0, 0.05) is 10.9 Å². The molecule has 1 aromatic heterocycles. The minimum Gasteiger partial charge on any atom is -0.258 e. The summed E-state index contributed by atoms with van der Waals surface area (Å²) in [6, 6.07) is 3.49. The molecule has 1 unspecified atom stereocenters. The van der Waals surface area contributed by atoms with E-state index in [0.29, 0.717) is 11.3 Å². The van der Waals surface area contributed by atoms with Crippen molar-refractivity contribution in [1.82, 2.24) is 0 Å². The van der Waals surface area contributed by atoms with E-state index in [1.165, 1.54) is 17.8 Å². The van der Waals surface area contributed by atoms with E-state index in [0.717, 1.165) is 17.7 Å². The van der Waals surface area contributed by atoms with Crippen LogP contribution in [0.25, 0.3) is 0 Å². The van der Waals surface area contributed by atoms with Crippen LogP contribution in [-0.4, -0.2) is 4.92 Å². The summed E-state index contributed by atoms with van der Waals surface area (Å²) in [6.45, 7) is 9.01. The fourth-order valence-corrected chi connectivity index (χ4v) is 2.97. The normalized spacial score (nSPS) is 13.6. The molecule has 4 heteroatoms. The zero-order valence-electron chi connectivity index (χ0n) is 11.0. The molecule has 0 amide bonds. The van der Waals surface area contributed by atoms with Gasteiger partial charge in [-0.25, -0.2) is 0 Å². The second-order valence-electron chi connectivity index (χ2n) is 5.91. The van der Waals surface area contributed by atoms with Gasteiger partial charge in [0.25, 0.3) is 0 Å². The van der Waals surface area contributed by atoms with Gasteiger partial charge in [-0.2, -0.15) is 0 Å². The smallest absolute Gasteiger partial charge is 0.258 e. The second-order valence-corrected chi connectivity index (χ2v) is 7.05. The van der Waals surface area contributed by atoms with Crippen molar-refractivity contribution in [2.24, 2.45) is 11.3 Å². The molecular formula is C13H21NO2S. The van der Waals surface area contributed by atoms with Crippen LogP contribution in [-0.2, 0) is 6.42 Å². The topological polar surface area (TPSA) is 43.1 Å². The number of aryl methyl sites for hydroxylation is 1. The van der Waals surface area contributed by atoms with Gasteiger partial charge in [-0.15, -0.1) is 0 Å². The SMILES string of the molecule is CC(CCc1ccc([N+](=O)[O-])s1)CC(C)(C)C. The van der Waals surface area contributed by atoms with E-state index < -0.39 is 0 Å². The summed E-state index contributed by atoms with van der Waals surface area (Å²) in [4.78, 5) is 11.4. The molecule has 0 radical (unpaired) electrons. The van der Waals surface area contributed by atoms with Crippen LogP contribution in [0.2, 0.25) is 0 Å². The number of hydrogen-bond acceptors (Lipinski definition) is 3. The molecule has 0 fully saturated rings. The summed E-state index contributed by atoms with van der Waals surface area (Å²) in [5.41, 5.74) is 0.362. The van der Waals surface area contributed by atoms with E-state index in [9.17, 15) is 10.1 Å². The van der Waals surface area contributed by atoms with Gasteiger partial charge in [-0.1, -0.05) is 39.0 Å². The molecule has 0 bridgehead atoms. The fourth-order valence-electron chi connectivity index (χ4n) is 2.14. The first-order valence-corrected chi connectivity index (χ1v) is 6.83. The number of thiophene rings is 1. The zero-order chi connectivity index (χ0) is 13.1. The Morgan fingerprint density at radius 2 is 2.06 bits per heavy atom. The van der Waals surface area contributed by atoms with Gasteiger partial charge in [0.2, 0.25) is 0 Å². The van der Waals surface area contributed by atoms with E-state index in [1.807, 2.05) is 6.07 Å². The zero-order valence-corrected chi connectivity index (χ0v) is 11.8. The Morgan fingerprint density at radius 3 is 2.53 bits per heavy atom. The van der Waals surface area contributed by atoms with Crippen molar-refractivity contribution in [2.45, 2.75) is 47.0 Å². The van der Waals surface area contributed by atoms with Crippen LogP contribution < -0.4 is 0 Å². The molecule has 0 aliphatic rings. The minimum atomic E-state index is -0.313. The monoisotopic (exact) mass is 255 g/mol. The van der Waals surface area contributed by atoms with Crippen molar-refractivity contribution >= 4 is 16.3 Å². The van der Waals surface area contributed by atoms with Crippen LogP contribution in [0.3, 0.4) is 0 Å². The molecule has 0 N–H and O–H groups in total. The maximum Gasteiger partial charge on any atom is 0.324 e. The lowest BCUT2D eigenvalue weighted by atomic mass is 9.83. The first-order chi connectivity index (χ1) is 7.78. The lowest BCUT2D eigenvalue weighted by Gasteiger charge is -2.22. The van der Waals surface area contributed by atoms with Gasteiger partial charge in [0.15, 0.2) is 0 Å². The van der Waals surface area contributed by atoms with Gasteiger partial charge < -0.3 is 0 Å². The van der Waals surface area contributed by atoms with Crippen molar-refractivity contribution in [3.8, 4) is 0 Å². The molecule has 0 saturated heterocycles. The third kappa shape index (κ3) is 5.31. The highest BCUT2D eigenvalue weighted by molar-refractivity contribution is 7.15. The van der Waals surface area contributed by atoms with E-state index >= 15 is 0 Å². The second kappa shape index (κ2) is 5.63. The van der Waals surface area contributed by atoms with Gasteiger partial charge >= 0.3 is 5.00 Å². The first kappa shape index (κ1) is 14.2. The van der Waals surface area contributed by atoms with Crippen LogP contribution in [0, 0.1) is 21.4 Å². The Bertz CT molecular complexity index is 379. The largest absolute Gasteiger partial charge is 0.324 e. The summed E-state index contributed by atoms with van der Waals surface area (Å²) >= 11 is 1.30. The lowest BCUT2D eigenvalue weighted by molar-refractivity contribution is -0.380. The van der Waals surface area contributed by atoms with E-state index in [2.05, 4.69) is 27.7 Å². The molecule has 0 aliphatic heterocycles. The fraction of sp³-hybridized carbons (Fsp3) is 0.692. The standard InChI is InChI=1S/C13H21NO2S/c1-10(9-13(2,3)4)5-6-11-7-8-12(17-11)14(15)16/h7-8,10H,5-6,9H2,1-4H3. The summed E-state index contributed by atoms with van der Waals surface area (Å²) < 4.78 is 0. The molecule has 17 heavy (non-hydrogen) atoms. The van der Waals surface area contributed by atoms with Crippen LogP contribution in [0.15, 0.2) is 12.1 Å². The Kier molecular flexibility index (Phi) is 4.69. The molecule has 0 spiro atoms. The summed E-state index contributed by atoms with van der Waals surface area (Å²) in [7, 11) is 0. The van der Waals surface area contributed by atoms with Crippen molar-refractivity contribution in [3.05, 3.63) is 27.1 Å². The van der Waals surface area contributed by atoms with Crippen LogP contribution in [0.4, 0.5) is 5.00 Å². The molecule has 96 valence electrons. The first-order valence-electron chi connectivity index (χ1n) is 6.01. The van der Waals surface area contributed by atoms with Crippen LogP contribution >= 0.6 is 11.3 Å². The molecule has 0 aromatic carbocycles. The van der Waals surface area contributed by atoms with E-state index in [4.69, 9.17) is 0 Å². The van der Waals surface area contributed by atoms with Crippen molar-refractivity contribution in [3.63, 3.8) is 0 Å². The number of nitrogens with zero attached hydrogens (tertiary/aromatic N) is 1. The Hall–Kier alpha value is -0.900. The predicted octanol–water partition coefficient (Wildman–Crippen LogP) is 4.66. The molecule has 0 saturated carbocycles.